The second-order valence-corrected chi connectivity index (χ2v) is 5.17. The number of carbonyl (C=O) groups excluding carboxylic acids is 1. The van der Waals surface area contributed by atoms with Crippen LogP contribution in [0.3, 0.4) is 0 Å². The first-order chi connectivity index (χ1) is 9.47. The summed E-state index contributed by atoms with van der Waals surface area (Å²) in [6.07, 6.45) is -1.61. The van der Waals surface area contributed by atoms with Crippen LogP contribution in [0.15, 0.2) is 24.3 Å². The fraction of sp³-hybridized carbons (Fsp3) is 0.500. The highest BCUT2D eigenvalue weighted by Gasteiger charge is 2.31. The third kappa shape index (κ3) is 3.53. The molecule has 1 aliphatic heterocycles. The van der Waals surface area contributed by atoms with Gasteiger partial charge in [-0.05, 0) is 6.07 Å². The summed E-state index contributed by atoms with van der Waals surface area (Å²) in [5.74, 6) is -0.506. The first-order valence-electron chi connectivity index (χ1n) is 6.53. The molecule has 1 saturated heterocycles. The number of hydrogen-bond donors (Lipinski definition) is 2. The Balaban J connectivity index is 1.88. The topological polar surface area (TPSA) is 64.0 Å². The first kappa shape index (κ1) is 14.9. The number of rotatable bonds is 4. The predicted molar refractivity (Wildman–Crippen MR) is 71.3 cm³/mol. The molecule has 1 aromatic carbocycles. The van der Waals surface area contributed by atoms with E-state index in [-0.39, 0.29) is 37.9 Å². The van der Waals surface area contributed by atoms with E-state index in [1.807, 2.05) is 0 Å². The van der Waals surface area contributed by atoms with Crippen LogP contribution in [0, 0.1) is 5.82 Å². The zero-order valence-electron chi connectivity index (χ0n) is 11.4. The van der Waals surface area contributed by atoms with Gasteiger partial charge in [-0.2, -0.15) is 0 Å². The Hall–Kier alpha value is -1.50. The number of carbonyl (C=O) groups is 1. The van der Waals surface area contributed by atoms with Crippen molar-refractivity contribution >= 4 is 5.91 Å². The van der Waals surface area contributed by atoms with Crippen molar-refractivity contribution in [2.24, 2.45) is 0 Å². The van der Waals surface area contributed by atoms with Crippen LogP contribution in [-0.4, -0.2) is 64.8 Å². The summed E-state index contributed by atoms with van der Waals surface area (Å²) in [6.45, 7) is 0.865. The van der Waals surface area contributed by atoms with Gasteiger partial charge in [0.2, 0.25) is 5.91 Å². The summed E-state index contributed by atoms with van der Waals surface area (Å²) in [4.78, 5) is 15.2. The smallest absolute Gasteiger partial charge is 0.236 e. The van der Waals surface area contributed by atoms with Gasteiger partial charge in [0.1, 0.15) is 5.82 Å². The van der Waals surface area contributed by atoms with E-state index < -0.39 is 12.2 Å². The molecule has 1 aliphatic rings. The number of nitrogens with zero attached hydrogens (tertiary/aromatic N) is 2. The molecule has 5 nitrogen and oxygen atoms in total. The Labute approximate surface area is 117 Å². The number of aliphatic hydroxyl groups excluding tert-OH is 2. The van der Waals surface area contributed by atoms with Crippen molar-refractivity contribution in [1.29, 1.82) is 0 Å². The molecule has 0 aliphatic carbocycles. The van der Waals surface area contributed by atoms with E-state index in [2.05, 4.69) is 0 Å². The standard InChI is InChI=1S/C14H19FN2O3/c1-16(6-10-4-2-3-5-11(10)15)14(20)9-17-7-12(18)13(19)8-17/h2-5,12-13,18-19H,6-9H2,1H3. The normalized spacial score (nSPS) is 23.0. The van der Waals surface area contributed by atoms with E-state index in [0.717, 1.165) is 0 Å². The van der Waals surface area contributed by atoms with Crippen molar-refractivity contribution in [3.8, 4) is 0 Å². The van der Waals surface area contributed by atoms with Gasteiger partial charge in [0.15, 0.2) is 0 Å². The fourth-order valence-electron chi connectivity index (χ4n) is 2.26. The number of hydrogen-bond acceptors (Lipinski definition) is 4. The van der Waals surface area contributed by atoms with Crippen molar-refractivity contribution < 1.29 is 19.4 Å². The molecule has 1 amide bonds. The van der Waals surface area contributed by atoms with Crippen LogP contribution in [0.1, 0.15) is 5.56 Å². The van der Waals surface area contributed by atoms with Gasteiger partial charge >= 0.3 is 0 Å². The minimum Gasteiger partial charge on any atom is -0.389 e. The van der Waals surface area contributed by atoms with Crippen molar-refractivity contribution in [3.63, 3.8) is 0 Å². The molecule has 1 heterocycles. The maximum atomic E-state index is 13.5. The van der Waals surface area contributed by atoms with Crippen molar-refractivity contribution in [2.75, 3.05) is 26.7 Å². The molecule has 0 spiro atoms. The van der Waals surface area contributed by atoms with Gasteiger partial charge < -0.3 is 15.1 Å². The number of likely N-dealkylation sites (N-methyl/N-ethyl adjacent to an activating group) is 1. The molecule has 2 N–H and O–H groups in total. The van der Waals surface area contributed by atoms with Crippen LogP contribution >= 0.6 is 0 Å². The number of β-amino-alcohol motifs (C(OH)–C–C–N with tert-alkyl or cyclic N) is 2. The van der Waals surface area contributed by atoms with Crippen molar-refractivity contribution in [1.82, 2.24) is 9.80 Å². The van der Waals surface area contributed by atoms with Gasteiger partial charge in [-0.15, -0.1) is 0 Å². The van der Waals surface area contributed by atoms with E-state index in [0.29, 0.717) is 5.56 Å². The molecule has 2 unspecified atom stereocenters. The van der Waals surface area contributed by atoms with Gasteiger partial charge in [0.25, 0.3) is 0 Å². The molecule has 2 rings (SSSR count). The minimum absolute atomic E-state index is 0.110. The van der Waals surface area contributed by atoms with Crippen molar-refractivity contribution in [3.05, 3.63) is 35.6 Å². The zero-order valence-corrected chi connectivity index (χ0v) is 11.4. The highest BCUT2D eigenvalue weighted by Crippen LogP contribution is 2.12. The monoisotopic (exact) mass is 282 g/mol. The number of benzene rings is 1. The molecule has 110 valence electrons. The van der Waals surface area contributed by atoms with E-state index in [1.54, 1.807) is 30.1 Å². The van der Waals surface area contributed by atoms with Crippen LogP contribution in [0.25, 0.3) is 0 Å². The summed E-state index contributed by atoms with van der Waals surface area (Å²) in [5.41, 5.74) is 0.463. The average Bonchev–Trinajstić information content (AvgIpc) is 2.71. The third-order valence-corrected chi connectivity index (χ3v) is 3.48. The Kier molecular flexibility index (Phi) is 4.69. The van der Waals surface area contributed by atoms with Crippen LogP contribution in [-0.2, 0) is 11.3 Å². The highest BCUT2D eigenvalue weighted by atomic mass is 19.1. The molecule has 2 atom stereocenters. The molecular weight excluding hydrogens is 263 g/mol. The maximum Gasteiger partial charge on any atom is 0.236 e. The number of aliphatic hydroxyl groups is 2. The van der Waals surface area contributed by atoms with E-state index in [1.165, 1.54) is 11.0 Å². The maximum absolute atomic E-state index is 13.5. The van der Waals surface area contributed by atoms with Gasteiger partial charge in [0.05, 0.1) is 18.8 Å². The van der Waals surface area contributed by atoms with Crippen molar-refractivity contribution in [2.45, 2.75) is 18.8 Å². The molecule has 6 heteroatoms. The van der Waals surface area contributed by atoms with Gasteiger partial charge in [0, 0.05) is 32.2 Å². The van der Waals surface area contributed by atoms with Crippen LogP contribution in [0.4, 0.5) is 4.39 Å². The lowest BCUT2D eigenvalue weighted by molar-refractivity contribution is -0.131. The van der Waals surface area contributed by atoms with Gasteiger partial charge in [-0.1, -0.05) is 18.2 Å². The molecule has 20 heavy (non-hydrogen) atoms. The Morgan fingerprint density at radius 1 is 1.35 bits per heavy atom. The lowest BCUT2D eigenvalue weighted by Crippen LogP contribution is -2.37. The zero-order chi connectivity index (χ0) is 14.7. The van der Waals surface area contributed by atoms with E-state index >= 15 is 0 Å². The fourth-order valence-corrected chi connectivity index (χ4v) is 2.26. The SMILES string of the molecule is CN(Cc1ccccc1F)C(=O)CN1CC(O)C(O)C1. The Morgan fingerprint density at radius 2 is 1.95 bits per heavy atom. The minimum atomic E-state index is -0.806. The van der Waals surface area contributed by atoms with Crippen LogP contribution in [0.5, 0.6) is 0 Å². The largest absolute Gasteiger partial charge is 0.389 e. The lowest BCUT2D eigenvalue weighted by atomic mass is 10.2. The molecule has 1 fully saturated rings. The average molecular weight is 282 g/mol. The van der Waals surface area contributed by atoms with E-state index in [4.69, 9.17) is 0 Å². The summed E-state index contributed by atoms with van der Waals surface area (Å²) in [5, 5.41) is 18.9. The molecule has 0 radical (unpaired) electrons. The quantitative estimate of drug-likeness (QED) is 0.804. The molecule has 0 saturated carbocycles. The number of likely N-dealkylation sites (tertiary alicyclic amines) is 1. The second-order valence-electron chi connectivity index (χ2n) is 5.17. The molecule has 1 aromatic rings. The first-order valence-corrected chi connectivity index (χ1v) is 6.53. The number of halogens is 1. The summed E-state index contributed by atoms with van der Waals surface area (Å²) >= 11 is 0. The van der Waals surface area contributed by atoms with Crippen LogP contribution in [0.2, 0.25) is 0 Å². The predicted octanol–water partition coefficient (Wildman–Crippen LogP) is -0.179. The van der Waals surface area contributed by atoms with Crippen LogP contribution < -0.4 is 0 Å². The number of amides is 1. The highest BCUT2D eigenvalue weighted by molar-refractivity contribution is 5.78. The molecule has 0 aromatic heterocycles. The molecular formula is C14H19FN2O3. The summed E-state index contributed by atoms with van der Waals surface area (Å²) in [6, 6.07) is 6.33. The third-order valence-electron chi connectivity index (χ3n) is 3.48. The Morgan fingerprint density at radius 3 is 2.55 bits per heavy atom. The summed E-state index contributed by atoms with van der Waals surface area (Å²) in [7, 11) is 1.61. The van der Waals surface area contributed by atoms with Gasteiger partial charge in [-0.3, -0.25) is 9.69 Å². The summed E-state index contributed by atoms with van der Waals surface area (Å²) < 4.78 is 13.5. The molecule has 0 bridgehead atoms. The second kappa shape index (κ2) is 6.30. The van der Waals surface area contributed by atoms with Gasteiger partial charge in [-0.25, -0.2) is 4.39 Å². The van der Waals surface area contributed by atoms with E-state index in [9.17, 15) is 19.4 Å². The Bertz CT molecular complexity index is 473. The lowest BCUT2D eigenvalue weighted by Gasteiger charge is -2.21.